The van der Waals surface area contributed by atoms with Gasteiger partial charge in [-0.3, -0.25) is 16.3 Å². The highest BCUT2D eigenvalue weighted by molar-refractivity contribution is 7.17. The number of aryl methyl sites for hydroxylation is 1. The molecule has 3 aromatic rings. The predicted octanol–water partition coefficient (Wildman–Crippen LogP) is 3.35. The van der Waals surface area contributed by atoms with Gasteiger partial charge in [-0.2, -0.15) is 0 Å². The van der Waals surface area contributed by atoms with Gasteiger partial charge in [0.05, 0.1) is 11.7 Å². The number of rotatable bonds is 4. The highest BCUT2D eigenvalue weighted by Gasteiger charge is 2.14. The molecular formula is C16H17N3S. The Balaban J connectivity index is 1.92. The van der Waals surface area contributed by atoms with Crippen molar-refractivity contribution in [2.24, 2.45) is 5.84 Å². The SMILES string of the molecule is Cc1cccc(C(Cc2csc3ccccc23)NN)n1. The molecule has 0 fully saturated rings. The molecule has 1 atom stereocenters. The fourth-order valence-electron chi connectivity index (χ4n) is 2.42. The Morgan fingerprint density at radius 2 is 2.05 bits per heavy atom. The zero-order valence-electron chi connectivity index (χ0n) is 11.3. The van der Waals surface area contributed by atoms with E-state index in [1.807, 2.05) is 25.1 Å². The van der Waals surface area contributed by atoms with Crippen LogP contribution in [0.1, 0.15) is 23.0 Å². The Labute approximate surface area is 122 Å². The number of nitrogens with one attached hydrogen (secondary N) is 1. The maximum absolute atomic E-state index is 5.73. The highest BCUT2D eigenvalue weighted by atomic mass is 32.1. The molecule has 0 radical (unpaired) electrons. The van der Waals surface area contributed by atoms with Gasteiger partial charge in [-0.25, -0.2) is 0 Å². The minimum atomic E-state index is 0.0351. The molecule has 102 valence electrons. The summed E-state index contributed by atoms with van der Waals surface area (Å²) >= 11 is 1.78. The third-order valence-electron chi connectivity index (χ3n) is 3.45. The van der Waals surface area contributed by atoms with E-state index in [9.17, 15) is 0 Å². The van der Waals surface area contributed by atoms with Gasteiger partial charge in [-0.1, -0.05) is 24.3 Å². The Morgan fingerprint density at radius 3 is 2.85 bits per heavy atom. The zero-order chi connectivity index (χ0) is 13.9. The molecule has 0 aliphatic carbocycles. The topological polar surface area (TPSA) is 50.9 Å². The van der Waals surface area contributed by atoms with Crippen LogP contribution in [0.15, 0.2) is 47.8 Å². The normalized spacial score (nSPS) is 12.7. The molecule has 0 amide bonds. The van der Waals surface area contributed by atoms with E-state index in [0.717, 1.165) is 17.8 Å². The summed E-state index contributed by atoms with van der Waals surface area (Å²) in [5, 5.41) is 3.52. The van der Waals surface area contributed by atoms with E-state index in [0.29, 0.717) is 0 Å². The van der Waals surface area contributed by atoms with E-state index in [4.69, 9.17) is 5.84 Å². The van der Waals surface area contributed by atoms with E-state index in [2.05, 4.69) is 40.1 Å². The third kappa shape index (κ3) is 2.58. The molecule has 20 heavy (non-hydrogen) atoms. The third-order valence-corrected chi connectivity index (χ3v) is 4.47. The highest BCUT2D eigenvalue weighted by Crippen LogP contribution is 2.28. The number of benzene rings is 1. The summed E-state index contributed by atoms with van der Waals surface area (Å²) in [5.41, 5.74) is 6.21. The van der Waals surface area contributed by atoms with Crippen molar-refractivity contribution in [3.8, 4) is 0 Å². The Bertz CT molecular complexity index is 720. The lowest BCUT2D eigenvalue weighted by Crippen LogP contribution is -2.30. The standard InChI is InChI=1S/C16H17N3S/c1-11-5-4-7-14(18-11)15(19-17)9-12-10-20-16-8-3-2-6-13(12)16/h2-8,10,15,19H,9,17H2,1H3. The van der Waals surface area contributed by atoms with Gasteiger partial charge < -0.3 is 0 Å². The van der Waals surface area contributed by atoms with Crippen LogP contribution >= 0.6 is 11.3 Å². The quantitative estimate of drug-likeness (QED) is 0.570. The van der Waals surface area contributed by atoms with Crippen LogP contribution in [0.2, 0.25) is 0 Å². The maximum atomic E-state index is 5.73. The Kier molecular flexibility index (Phi) is 3.78. The van der Waals surface area contributed by atoms with Crippen LogP contribution in [0.25, 0.3) is 10.1 Å². The minimum absolute atomic E-state index is 0.0351. The summed E-state index contributed by atoms with van der Waals surface area (Å²) in [7, 11) is 0. The monoisotopic (exact) mass is 283 g/mol. The van der Waals surface area contributed by atoms with Crippen LogP contribution in [-0.4, -0.2) is 4.98 Å². The smallest absolute Gasteiger partial charge is 0.0673 e. The first-order chi connectivity index (χ1) is 9.78. The van der Waals surface area contributed by atoms with Crippen molar-refractivity contribution in [3.63, 3.8) is 0 Å². The average molecular weight is 283 g/mol. The first-order valence-corrected chi connectivity index (χ1v) is 7.50. The molecule has 0 bridgehead atoms. The Hall–Kier alpha value is -1.75. The van der Waals surface area contributed by atoms with Crippen LogP contribution in [-0.2, 0) is 6.42 Å². The number of aromatic nitrogens is 1. The Morgan fingerprint density at radius 1 is 1.20 bits per heavy atom. The predicted molar refractivity (Wildman–Crippen MR) is 84.6 cm³/mol. The van der Waals surface area contributed by atoms with E-state index in [1.54, 1.807) is 11.3 Å². The lowest BCUT2D eigenvalue weighted by atomic mass is 10.0. The van der Waals surface area contributed by atoms with Crippen molar-refractivity contribution >= 4 is 21.4 Å². The van der Waals surface area contributed by atoms with Crippen molar-refractivity contribution in [2.45, 2.75) is 19.4 Å². The van der Waals surface area contributed by atoms with Gasteiger partial charge in [0.25, 0.3) is 0 Å². The van der Waals surface area contributed by atoms with Crippen molar-refractivity contribution in [1.82, 2.24) is 10.4 Å². The van der Waals surface area contributed by atoms with Crippen molar-refractivity contribution in [3.05, 3.63) is 64.8 Å². The number of fused-ring (bicyclic) bond motifs is 1. The van der Waals surface area contributed by atoms with E-state index in [-0.39, 0.29) is 6.04 Å². The van der Waals surface area contributed by atoms with E-state index in [1.165, 1.54) is 15.6 Å². The number of hydrogen-bond acceptors (Lipinski definition) is 4. The van der Waals surface area contributed by atoms with Crippen LogP contribution in [0.4, 0.5) is 0 Å². The molecule has 0 aliphatic heterocycles. The van der Waals surface area contributed by atoms with Gasteiger partial charge in [-0.15, -0.1) is 11.3 Å². The summed E-state index contributed by atoms with van der Waals surface area (Å²) in [6.45, 7) is 2.00. The number of hydrazine groups is 1. The van der Waals surface area contributed by atoms with Gasteiger partial charge >= 0.3 is 0 Å². The van der Waals surface area contributed by atoms with Crippen LogP contribution in [0.3, 0.4) is 0 Å². The zero-order valence-corrected chi connectivity index (χ0v) is 12.2. The second kappa shape index (κ2) is 5.71. The summed E-state index contributed by atoms with van der Waals surface area (Å²) in [6.07, 6.45) is 0.844. The molecule has 3 rings (SSSR count). The molecule has 0 saturated carbocycles. The second-order valence-corrected chi connectivity index (χ2v) is 5.80. The molecule has 3 nitrogen and oxygen atoms in total. The molecule has 2 heterocycles. The van der Waals surface area contributed by atoms with Gasteiger partial charge in [0.15, 0.2) is 0 Å². The van der Waals surface area contributed by atoms with Crippen LogP contribution in [0, 0.1) is 6.92 Å². The largest absolute Gasteiger partial charge is 0.271 e. The molecule has 2 aromatic heterocycles. The molecule has 1 unspecified atom stereocenters. The minimum Gasteiger partial charge on any atom is -0.271 e. The maximum Gasteiger partial charge on any atom is 0.0673 e. The summed E-state index contributed by atoms with van der Waals surface area (Å²) < 4.78 is 1.32. The molecule has 0 aliphatic rings. The van der Waals surface area contributed by atoms with Gasteiger partial charge in [0.1, 0.15) is 0 Å². The lowest BCUT2D eigenvalue weighted by Gasteiger charge is -2.15. The fourth-order valence-corrected chi connectivity index (χ4v) is 3.39. The fraction of sp³-hybridized carbons (Fsp3) is 0.188. The summed E-state index contributed by atoms with van der Waals surface area (Å²) in [5.74, 6) is 5.73. The van der Waals surface area contributed by atoms with Gasteiger partial charge in [0, 0.05) is 10.4 Å². The van der Waals surface area contributed by atoms with Crippen LogP contribution in [0.5, 0.6) is 0 Å². The van der Waals surface area contributed by atoms with Gasteiger partial charge in [0.2, 0.25) is 0 Å². The van der Waals surface area contributed by atoms with E-state index < -0.39 is 0 Å². The first-order valence-electron chi connectivity index (χ1n) is 6.62. The van der Waals surface area contributed by atoms with Gasteiger partial charge in [-0.05, 0) is 47.9 Å². The van der Waals surface area contributed by atoms with Crippen molar-refractivity contribution < 1.29 is 0 Å². The molecule has 0 saturated heterocycles. The van der Waals surface area contributed by atoms with Crippen molar-refractivity contribution in [1.29, 1.82) is 0 Å². The molecule has 3 N–H and O–H groups in total. The average Bonchev–Trinajstić information content (AvgIpc) is 2.88. The van der Waals surface area contributed by atoms with Crippen LogP contribution < -0.4 is 11.3 Å². The van der Waals surface area contributed by atoms with E-state index >= 15 is 0 Å². The second-order valence-electron chi connectivity index (χ2n) is 4.88. The molecule has 0 spiro atoms. The summed E-state index contributed by atoms with van der Waals surface area (Å²) in [6, 6.07) is 14.5. The molecular weight excluding hydrogens is 266 g/mol. The molecule has 4 heteroatoms. The number of nitrogens with zero attached hydrogens (tertiary/aromatic N) is 1. The number of nitrogens with two attached hydrogens (primary N) is 1. The number of pyridine rings is 1. The number of thiophene rings is 1. The first kappa shape index (κ1) is 13.2. The van der Waals surface area contributed by atoms with Crippen molar-refractivity contribution in [2.75, 3.05) is 0 Å². The summed E-state index contributed by atoms with van der Waals surface area (Å²) in [4.78, 5) is 4.57. The molecule has 1 aromatic carbocycles. The lowest BCUT2D eigenvalue weighted by molar-refractivity contribution is 0.539. The number of hydrogen-bond donors (Lipinski definition) is 2.